The maximum absolute atomic E-state index is 2.54. The Bertz CT molecular complexity index is 154. The van der Waals surface area contributed by atoms with Gasteiger partial charge in [-0.2, -0.15) is 0 Å². The molecule has 1 saturated heterocycles. The van der Waals surface area contributed by atoms with E-state index < -0.39 is 0 Å². The van der Waals surface area contributed by atoms with Crippen LogP contribution < -0.4 is 0 Å². The molecule has 1 rings (SSSR count). The van der Waals surface area contributed by atoms with Crippen LogP contribution in [0.15, 0.2) is 0 Å². The zero-order chi connectivity index (χ0) is 12.3. The van der Waals surface area contributed by atoms with Gasteiger partial charge in [0.15, 0.2) is 0 Å². The third-order valence-corrected chi connectivity index (χ3v) is 2.88. The smallest absolute Gasteiger partial charge is 0.0516 e. The lowest BCUT2D eigenvalue weighted by Gasteiger charge is -2.35. The lowest BCUT2D eigenvalue weighted by Crippen LogP contribution is -2.44. The summed E-state index contributed by atoms with van der Waals surface area (Å²) >= 11 is 0. The van der Waals surface area contributed by atoms with E-state index in [4.69, 9.17) is 0 Å². The Morgan fingerprint density at radius 3 is 1.07 bits per heavy atom. The molecule has 92 valence electrons. The van der Waals surface area contributed by atoms with Gasteiger partial charge in [0.05, 0.1) is 6.67 Å². The zero-order valence-electron chi connectivity index (χ0n) is 12.0. The second-order valence-electron chi connectivity index (χ2n) is 6.01. The van der Waals surface area contributed by atoms with E-state index in [0.29, 0.717) is 11.1 Å². The van der Waals surface area contributed by atoms with Gasteiger partial charge in [0.2, 0.25) is 0 Å². The Hall–Kier alpha value is -0.0800. The highest BCUT2D eigenvalue weighted by Crippen LogP contribution is 2.23. The van der Waals surface area contributed by atoms with Crippen LogP contribution in [0.25, 0.3) is 0 Å². The molecule has 1 aliphatic heterocycles. The molecule has 0 unspecified atom stereocenters. The summed E-state index contributed by atoms with van der Waals surface area (Å²) in [6.07, 6.45) is 0. The monoisotopic (exact) mass is 214 g/mol. The SMILES string of the molecule is CC.CC(C)(C)N1CCN(C(C)(C)C)C1. The fourth-order valence-electron chi connectivity index (χ4n) is 1.68. The Kier molecular flexibility index (Phi) is 5.28. The second kappa shape index (κ2) is 5.31. The number of rotatable bonds is 0. The van der Waals surface area contributed by atoms with Gasteiger partial charge in [-0.25, -0.2) is 0 Å². The van der Waals surface area contributed by atoms with Crippen molar-refractivity contribution in [1.82, 2.24) is 9.80 Å². The first-order valence-corrected chi connectivity index (χ1v) is 6.21. The highest BCUT2D eigenvalue weighted by molar-refractivity contribution is 4.87. The molecule has 1 heterocycles. The van der Waals surface area contributed by atoms with Crippen molar-refractivity contribution < 1.29 is 0 Å². The summed E-state index contributed by atoms with van der Waals surface area (Å²) < 4.78 is 0. The van der Waals surface area contributed by atoms with Gasteiger partial charge in [-0.15, -0.1) is 0 Å². The number of hydrogen-bond acceptors (Lipinski definition) is 2. The average molecular weight is 214 g/mol. The van der Waals surface area contributed by atoms with Gasteiger partial charge < -0.3 is 0 Å². The molecule has 0 aromatic rings. The normalized spacial score (nSPS) is 20.0. The van der Waals surface area contributed by atoms with Crippen molar-refractivity contribution in [3.05, 3.63) is 0 Å². The van der Waals surface area contributed by atoms with Crippen molar-refractivity contribution in [3.63, 3.8) is 0 Å². The Labute approximate surface area is 96.6 Å². The fraction of sp³-hybridized carbons (Fsp3) is 1.00. The van der Waals surface area contributed by atoms with E-state index in [2.05, 4.69) is 51.3 Å². The average Bonchev–Trinajstić information content (AvgIpc) is 2.53. The molecule has 2 heteroatoms. The molecule has 0 aliphatic carbocycles. The summed E-state index contributed by atoms with van der Waals surface area (Å²) in [7, 11) is 0. The van der Waals surface area contributed by atoms with Crippen molar-refractivity contribution in [1.29, 1.82) is 0 Å². The third kappa shape index (κ3) is 4.52. The molecular weight excluding hydrogens is 184 g/mol. The largest absolute Gasteiger partial charge is 0.284 e. The third-order valence-electron chi connectivity index (χ3n) is 2.88. The molecule has 0 amide bonds. The molecule has 0 N–H and O–H groups in total. The molecule has 0 atom stereocenters. The highest BCUT2D eigenvalue weighted by Gasteiger charge is 2.33. The van der Waals surface area contributed by atoms with Crippen LogP contribution in [0.4, 0.5) is 0 Å². The van der Waals surface area contributed by atoms with Crippen molar-refractivity contribution in [2.45, 2.75) is 66.5 Å². The minimum absolute atomic E-state index is 0.319. The first-order valence-electron chi connectivity index (χ1n) is 6.21. The highest BCUT2D eigenvalue weighted by atomic mass is 15.4. The molecule has 0 saturated carbocycles. The molecule has 1 aliphatic rings. The van der Waals surface area contributed by atoms with E-state index >= 15 is 0 Å². The van der Waals surface area contributed by atoms with E-state index in [9.17, 15) is 0 Å². The van der Waals surface area contributed by atoms with Gasteiger partial charge in [-0.3, -0.25) is 9.80 Å². The molecular formula is C13H30N2. The van der Waals surface area contributed by atoms with Gasteiger partial charge >= 0.3 is 0 Å². The van der Waals surface area contributed by atoms with Gasteiger partial charge in [0, 0.05) is 24.2 Å². The quantitative estimate of drug-likeness (QED) is 0.611. The first-order chi connectivity index (χ1) is 6.71. The minimum atomic E-state index is 0.319. The van der Waals surface area contributed by atoms with Gasteiger partial charge in [-0.1, -0.05) is 13.8 Å². The van der Waals surface area contributed by atoms with Gasteiger partial charge in [0.1, 0.15) is 0 Å². The minimum Gasteiger partial charge on any atom is -0.284 e. The van der Waals surface area contributed by atoms with Crippen LogP contribution in [0.5, 0.6) is 0 Å². The predicted octanol–water partition coefficient (Wildman–Crippen LogP) is 3.18. The van der Waals surface area contributed by atoms with E-state index in [-0.39, 0.29) is 0 Å². The molecule has 0 radical (unpaired) electrons. The first kappa shape index (κ1) is 14.9. The zero-order valence-corrected chi connectivity index (χ0v) is 12.0. The number of hydrogen-bond donors (Lipinski definition) is 0. The second-order valence-corrected chi connectivity index (χ2v) is 6.01. The van der Waals surface area contributed by atoms with E-state index in [1.54, 1.807) is 0 Å². The van der Waals surface area contributed by atoms with Crippen molar-refractivity contribution in [2.24, 2.45) is 0 Å². The van der Waals surface area contributed by atoms with Crippen LogP contribution in [0.2, 0.25) is 0 Å². The summed E-state index contributed by atoms with van der Waals surface area (Å²) in [5.41, 5.74) is 0.639. The van der Waals surface area contributed by atoms with E-state index in [0.717, 1.165) is 6.67 Å². The molecule has 0 spiro atoms. The Balaban J connectivity index is 0.000000921. The van der Waals surface area contributed by atoms with Crippen LogP contribution >= 0.6 is 0 Å². The molecule has 0 aromatic carbocycles. The lowest BCUT2D eigenvalue weighted by atomic mass is 10.1. The maximum atomic E-state index is 2.54. The van der Waals surface area contributed by atoms with Gasteiger partial charge in [0.25, 0.3) is 0 Å². The van der Waals surface area contributed by atoms with Crippen molar-refractivity contribution in [2.75, 3.05) is 19.8 Å². The summed E-state index contributed by atoms with van der Waals surface area (Å²) in [6.45, 7) is 21.3. The standard InChI is InChI=1S/C11H24N2.C2H6/c1-10(2,3)12-7-8-13(9-12)11(4,5)6;1-2/h7-9H2,1-6H3;1-2H3. The van der Waals surface area contributed by atoms with Crippen LogP contribution in [0.3, 0.4) is 0 Å². The van der Waals surface area contributed by atoms with Crippen LogP contribution in [0.1, 0.15) is 55.4 Å². The van der Waals surface area contributed by atoms with E-state index in [1.165, 1.54) is 13.1 Å². The van der Waals surface area contributed by atoms with Gasteiger partial charge in [-0.05, 0) is 41.5 Å². The van der Waals surface area contributed by atoms with Crippen molar-refractivity contribution in [3.8, 4) is 0 Å². The summed E-state index contributed by atoms with van der Waals surface area (Å²) in [6, 6.07) is 0. The van der Waals surface area contributed by atoms with Crippen molar-refractivity contribution >= 4 is 0 Å². The molecule has 15 heavy (non-hydrogen) atoms. The summed E-state index contributed by atoms with van der Waals surface area (Å²) in [5, 5.41) is 0. The predicted molar refractivity (Wildman–Crippen MR) is 69.1 cm³/mol. The molecule has 0 bridgehead atoms. The summed E-state index contributed by atoms with van der Waals surface area (Å²) in [4.78, 5) is 5.08. The molecule has 2 nitrogen and oxygen atoms in total. The van der Waals surface area contributed by atoms with Crippen LogP contribution in [-0.2, 0) is 0 Å². The topological polar surface area (TPSA) is 6.48 Å². The molecule has 0 aromatic heterocycles. The summed E-state index contributed by atoms with van der Waals surface area (Å²) in [5.74, 6) is 0. The maximum Gasteiger partial charge on any atom is 0.0516 e. The van der Waals surface area contributed by atoms with E-state index in [1.807, 2.05) is 13.8 Å². The Morgan fingerprint density at radius 1 is 0.667 bits per heavy atom. The fourth-order valence-corrected chi connectivity index (χ4v) is 1.68. The number of nitrogens with zero attached hydrogens (tertiary/aromatic N) is 2. The molecule has 1 fully saturated rings. The van der Waals surface area contributed by atoms with Crippen LogP contribution in [-0.4, -0.2) is 40.6 Å². The Morgan fingerprint density at radius 2 is 0.933 bits per heavy atom. The van der Waals surface area contributed by atoms with Crippen LogP contribution in [0, 0.1) is 0 Å². The lowest BCUT2D eigenvalue weighted by molar-refractivity contribution is 0.0959.